The summed E-state index contributed by atoms with van der Waals surface area (Å²) in [5, 5.41) is 14.3. The fourth-order valence-electron chi connectivity index (χ4n) is 1.55. The average molecular weight is 287 g/mol. The maximum absolute atomic E-state index is 12.7. The van der Waals surface area contributed by atoms with Crippen molar-refractivity contribution in [2.45, 2.75) is 0 Å². The number of nitrogens with one attached hydrogen (secondary N) is 1. The first-order chi connectivity index (χ1) is 10.1. The van der Waals surface area contributed by atoms with E-state index in [0.29, 0.717) is 5.56 Å². The van der Waals surface area contributed by atoms with E-state index in [-0.39, 0.29) is 11.3 Å². The summed E-state index contributed by atoms with van der Waals surface area (Å²) in [6, 6.07) is 10.8. The van der Waals surface area contributed by atoms with Crippen LogP contribution in [-0.2, 0) is 0 Å². The number of nitrogens with zero attached hydrogens (tertiary/aromatic N) is 2. The number of rotatable bonds is 4. The second-order valence-corrected chi connectivity index (χ2v) is 4.06. The van der Waals surface area contributed by atoms with Crippen molar-refractivity contribution < 1.29 is 14.1 Å². The molecule has 0 atom stereocenters. The fraction of sp³-hybridized carbons (Fsp3) is 0. The van der Waals surface area contributed by atoms with E-state index in [1.54, 1.807) is 6.07 Å². The Labute approximate surface area is 119 Å². The lowest BCUT2D eigenvalue weighted by atomic mass is 10.2. The molecule has 0 heterocycles. The number of carbonyl (C=O) groups is 1. The second-order valence-electron chi connectivity index (χ2n) is 4.06. The van der Waals surface area contributed by atoms with Crippen LogP contribution in [0.4, 0.5) is 10.1 Å². The molecule has 0 aliphatic heterocycles. The summed E-state index contributed by atoms with van der Waals surface area (Å²) >= 11 is 0. The lowest BCUT2D eigenvalue weighted by molar-refractivity contribution is -0.384. The zero-order valence-electron chi connectivity index (χ0n) is 10.7. The van der Waals surface area contributed by atoms with E-state index in [0.717, 1.165) is 0 Å². The number of benzene rings is 2. The van der Waals surface area contributed by atoms with Crippen molar-refractivity contribution in [1.29, 1.82) is 0 Å². The molecule has 106 valence electrons. The molecular formula is C14H10FN3O3. The van der Waals surface area contributed by atoms with Crippen LogP contribution in [0.2, 0.25) is 0 Å². The Hall–Kier alpha value is -3.09. The highest BCUT2D eigenvalue weighted by Crippen LogP contribution is 2.11. The minimum atomic E-state index is -0.519. The van der Waals surface area contributed by atoms with Crippen LogP contribution in [0.15, 0.2) is 53.6 Å². The van der Waals surface area contributed by atoms with Crippen LogP contribution in [0.3, 0.4) is 0 Å². The minimum Gasteiger partial charge on any atom is -0.267 e. The molecule has 0 fully saturated rings. The zero-order chi connectivity index (χ0) is 15.2. The average Bonchev–Trinajstić information content (AvgIpc) is 2.48. The summed E-state index contributed by atoms with van der Waals surface area (Å²) in [6.45, 7) is 0. The Morgan fingerprint density at radius 2 is 1.95 bits per heavy atom. The van der Waals surface area contributed by atoms with Gasteiger partial charge >= 0.3 is 0 Å². The van der Waals surface area contributed by atoms with Crippen LogP contribution in [0.5, 0.6) is 0 Å². The number of hydrogen-bond acceptors (Lipinski definition) is 4. The summed E-state index contributed by atoms with van der Waals surface area (Å²) in [5.74, 6) is -0.941. The maximum atomic E-state index is 12.7. The van der Waals surface area contributed by atoms with Gasteiger partial charge in [0.25, 0.3) is 11.6 Å². The summed E-state index contributed by atoms with van der Waals surface area (Å²) in [4.78, 5) is 21.8. The molecule has 2 rings (SSSR count). The molecule has 21 heavy (non-hydrogen) atoms. The van der Waals surface area contributed by atoms with Crippen LogP contribution in [-0.4, -0.2) is 17.0 Å². The lowest BCUT2D eigenvalue weighted by Gasteiger charge is -1.99. The molecule has 0 aliphatic rings. The topological polar surface area (TPSA) is 84.6 Å². The second kappa shape index (κ2) is 6.38. The largest absolute Gasteiger partial charge is 0.271 e. The van der Waals surface area contributed by atoms with E-state index >= 15 is 0 Å². The number of amides is 1. The lowest BCUT2D eigenvalue weighted by Crippen LogP contribution is -2.17. The Morgan fingerprint density at radius 3 is 2.62 bits per heavy atom. The molecule has 7 heteroatoms. The first-order valence-corrected chi connectivity index (χ1v) is 5.90. The van der Waals surface area contributed by atoms with Crippen LogP contribution < -0.4 is 5.43 Å². The first kappa shape index (κ1) is 14.3. The third-order valence-electron chi connectivity index (χ3n) is 2.57. The van der Waals surface area contributed by atoms with E-state index in [4.69, 9.17) is 0 Å². The van der Waals surface area contributed by atoms with Crippen molar-refractivity contribution >= 4 is 17.8 Å². The van der Waals surface area contributed by atoms with Gasteiger partial charge in [-0.25, -0.2) is 9.82 Å². The number of carbonyl (C=O) groups excluding carboxylic acids is 1. The molecule has 6 nitrogen and oxygen atoms in total. The van der Waals surface area contributed by atoms with Crippen molar-refractivity contribution in [3.63, 3.8) is 0 Å². The molecular weight excluding hydrogens is 277 g/mol. The Morgan fingerprint density at radius 1 is 1.24 bits per heavy atom. The quantitative estimate of drug-likeness (QED) is 0.532. The zero-order valence-corrected chi connectivity index (χ0v) is 10.7. The molecule has 0 aliphatic carbocycles. The van der Waals surface area contributed by atoms with E-state index in [9.17, 15) is 19.3 Å². The number of halogens is 1. The molecule has 0 unspecified atom stereocenters. The van der Waals surface area contributed by atoms with E-state index in [2.05, 4.69) is 10.5 Å². The van der Waals surface area contributed by atoms with Gasteiger partial charge in [-0.05, 0) is 24.3 Å². The highest BCUT2D eigenvalue weighted by atomic mass is 19.1. The number of hydrogen-bond donors (Lipinski definition) is 1. The van der Waals surface area contributed by atoms with Crippen LogP contribution >= 0.6 is 0 Å². The fourth-order valence-corrected chi connectivity index (χ4v) is 1.55. The Balaban J connectivity index is 2.02. The molecule has 2 aromatic rings. The van der Waals surface area contributed by atoms with Crippen LogP contribution in [0, 0.1) is 15.9 Å². The standard InChI is InChI=1S/C14H10FN3O3/c15-12-6-4-11(5-7-12)14(19)17-16-9-10-2-1-3-13(8-10)18(20)21/h1-9H,(H,17,19)/b16-9+. The van der Waals surface area contributed by atoms with Crippen molar-refractivity contribution in [2.75, 3.05) is 0 Å². The highest BCUT2D eigenvalue weighted by Gasteiger charge is 2.05. The molecule has 1 N–H and O–H groups in total. The first-order valence-electron chi connectivity index (χ1n) is 5.90. The molecule has 0 aromatic heterocycles. The Kier molecular flexibility index (Phi) is 4.35. The van der Waals surface area contributed by atoms with Gasteiger partial charge in [0.2, 0.25) is 0 Å². The van der Waals surface area contributed by atoms with Crippen molar-refractivity contribution in [1.82, 2.24) is 5.43 Å². The summed E-state index contributed by atoms with van der Waals surface area (Å²) < 4.78 is 12.7. The summed E-state index contributed by atoms with van der Waals surface area (Å²) in [5.41, 5.74) is 2.92. The van der Waals surface area contributed by atoms with Gasteiger partial charge in [0, 0.05) is 23.3 Å². The van der Waals surface area contributed by atoms with Gasteiger partial charge in [0.1, 0.15) is 5.82 Å². The van der Waals surface area contributed by atoms with E-state index < -0.39 is 16.6 Å². The molecule has 0 bridgehead atoms. The molecule has 1 amide bonds. The third kappa shape index (κ3) is 3.93. The maximum Gasteiger partial charge on any atom is 0.271 e. The van der Waals surface area contributed by atoms with Gasteiger partial charge in [0.15, 0.2) is 0 Å². The minimum absolute atomic E-state index is 0.0659. The Bertz CT molecular complexity index is 699. The van der Waals surface area contributed by atoms with E-state index in [1.807, 2.05) is 0 Å². The normalized spacial score (nSPS) is 10.5. The number of nitro groups is 1. The van der Waals surface area contributed by atoms with Crippen molar-refractivity contribution in [3.8, 4) is 0 Å². The molecule has 0 spiro atoms. The van der Waals surface area contributed by atoms with Gasteiger partial charge in [0.05, 0.1) is 11.1 Å². The van der Waals surface area contributed by atoms with E-state index in [1.165, 1.54) is 48.7 Å². The van der Waals surface area contributed by atoms with Gasteiger partial charge < -0.3 is 0 Å². The number of non-ortho nitro benzene ring substituents is 1. The molecule has 0 radical (unpaired) electrons. The van der Waals surface area contributed by atoms with Crippen LogP contribution in [0.25, 0.3) is 0 Å². The van der Waals surface area contributed by atoms with Crippen LogP contribution in [0.1, 0.15) is 15.9 Å². The van der Waals surface area contributed by atoms with Gasteiger partial charge in [-0.2, -0.15) is 5.10 Å². The molecule has 2 aromatic carbocycles. The van der Waals surface area contributed by atoms with Crippen molar-refractivity contribution in [3.05, 3.63) is 75.6 Å². The number of nitro benzene ring substituents is 1. The monoisotopic (exact) mass is 287 g/mol. The third-order valence-corrected chi connectivity index (χ3v) is 2.57. The summed E-state index contributed by atoms with van der Waals surface area (Å²) in [6.07, 6.45) is 1.29. The predicted molar refractivity (Wildman–Crippen MR) is 74.6 cm³/mol. The van der Waals surface area contributed by atoms with Gasteiger partial charge in [-0.3, -0.25) is 14.9 Å². The molecule has 0 saturated carbocycles. The van der Waals surface area contributed by atoms with Crippen molar-refractivity contribution in [2.24, 2.45) is 5.10 Å². The van der Waals surface area contributed by atoms with Gasteiger partial charge in [-0.1, -0.05) is 12.1 Å². The number of hydrazone groups is 1. The highest BCUT2D eigenvalue weighted by molar-refractivity contribution is 5.94. The smallest absolute Gasteiger partial charge is 0.267 e. The molecule has 0 saturated heterocycles. The SMILES string of the molecule is O=C(N/N=C/c1cccc([N+](=O)[O-])c1)c1ccc(F)cc1. The summed E-state index contributed by atoms with van der Waals surface area (Å²) in [7, 11) is 0. The predicted octanol–water partition coefficient (Wildman–Crippen LogP) is 2.50. The van der Waals surface area contributed by atoms with Gasteiger partial charge in [-0.15, -0.1) is 0 Å².